The Balaban J connectivity index is 0. The molecule has 0 heterocycles. The van der Waals surface area contributed by atoms with E-state index in [-0.39, 0.29) is 65.5 Å². The van der Waals surface area contributed by atoms with Gasteiger partial charge >= 0.3 is 51.4 Å². The zero-order valence-electron chi connectivity index (χ0n) is 2.13. The molecular formula is F3K-2. The zero-order valence-corrected chi connectivity index (χ0v) is 5.26. The Morgan fingerprint density at radius 2 is 0.500 bits per heavy atom. The van der Waals surface area contributed by atoms with Crippen LogP contribution in [0.5, 0.6) is 0 Å². The summed E-state index contributed by atoms with van der Waals surface area (Å²) in [5.41, 5.74) is 0. The van der Waals surface area contributed by atoms with Crippen molar-refractivity contribution in [2.75, 3.05) is 0 Å². The van der Waals surface area contributed by atoms with Crippen molar-refractivity contribution in [3.05, 3.63) is 0 Å². The number of hydrogen-bond donors (Lipinski definition) is 0. The Hall–Kier alpha value is 1.43. The average molecular weight is 96.1 g/mol. The molecule has 0 radical (unpaired) electrons. The van der Waals surface area contributed by atoms with E-state index in [9.17, 15) is 0 Å². The van der Waals surface area contributed by atoms with Crippen molar-refractivity contribution in [1.29, 1.82) is 0 Å². The van der Waals surface area contributed by atoms with E-state index in [1.54, 1.807) is 0 Å². The van der Waals surface area contributed by atoms with E-state index in [0.29, 0.717) is 0 Å². The molecule has 0 amide bonds. The van der Waals surface area contributed by atoms with E-state index in [4.69, 9.17) is 0 Å². The predicted molar refractivity (Wildman–Crippen MR) is 0 cm³/mol. The summed E-state index contributed by atoms with van der Waals surface area (Å²) in [7, 11) is 0. The first-order valence-corrected chi connectivity index (χ1v) is 0. The Kier molecular flexibility index (Phi) is 334. The summed E-state index contributed by atoms with van der Waals surface area (Å²) in [6.45, 7) is 0. The summed E-state index contributed by atoms with van der Waals surface area (Å²) in [6.07, 6.45) is 0. The van der Waals surface area contributed by atoms with Crippen molar-refractivity contribution in [3.63, 3.8) is 0 Å². The second-order valence-electron chi connectivity index (χ2n) is 0. The van der Waals surface area contributed by atoms with Crippen molar-refractivity contribution >= 4 is 0 Å². The van der Waals surface area contributed by atoms with E-state index in [1.165, 1.54) is 0 Å². The third-order valence-electron chi connectivity index (χ3n) is 0. The first-order valence-electron chi connectivity index (χ1n) is 0. The molecule has 0 aliphatic rings. The molecule has 4 heteroatoms. The maximum Gasteiger partial charge on any atom is 1.00 e. The van der Waals surface area contributed by atoms with Gasteiger partial charge in [0.15, 0.2) is 0 Å². The van der Waals surface area contributed by atoms with Crippen LogP contribution in [0.25, 0.3) is 0 Å². The molecule has 0 saturated carbocycles. The minimum absolute atomic E-state index is 0. The van der Waals surface area contributed by atoms with Gasteiger partial charge in [0.1, 0.15) is 0 Å². The van der Waals surface area contributed by atoms with Crippen molar-refractivity contribution < 1.29 is 65.5 Å². The van der Waals surface area contributed by atoms with Crippen LogP contribution in [0.2, 0.25) is 0 Å². The van der Waals surface area contributed by atoms with Crippen LogP contribution >= 0.6 is 0 Å². The van der Waals surface area contributed by atoms with Crippen LogP contribution in [0.3, 0.4) is 0 Å². The van der Waals surface area contributed by atoms with Crippen molar-refractivity contribution in [1.82, 2.24) is 0 Å². The predicted octanol–water partition coefficient (Wildman–Crippen LogP) is -12.0. The van der Waals surface area contributed by atoms with E-state index in [1.807, 2.05) is 0 Å². The van der Waals surface area contributed by atoms with Gasteiger partial charge in [-0.1, -0.05) is 0 Å². The molecule has 0 atom stereocenters. The van der Waals surface area contributed by atoms with Gasteiger partial charge in [-0.2, -0.15) is 0 Å². The van der Waals surface area contributed by atoms with Crippen LogP contribution in [-0.2, 0) is 0 Å². The van der Waals surface area contributed by atoms with E-state index < -0.39 is 0 Å². The van der Waals surface area contributed by atoms with Crippen molar-refractivity contribution in [2.45, 2.75) is 0 Å². The van der Waals surface area contributed by atoms with E-state index in [2.05, 4.69) is 0 Å². The number of halogens is 3. The van der Waals surface area contributed by atoms with Gasteiger partial charge in [-0.15, -0.1) is 0 Å². The molecule has 24 valence electrons. The van der Waals surface area contributed by atoms with Crippen LogP contribution in [0.1, 0.15) is 0 Å². The minimum Gasteiger partial charge on any atom is -1.00 e. The molecule has 0 aliphatic heterocycles. The summed E-state index contributed by atoms with van der Waals surface area (Å²) in [5.74, 6) is 0. The van der Waals surface area contributed by atoms with Crippen LogP contribution in [0.4, 0.5) is 0 Å². The van der Waals surface area contributed by atoms with Crippen molar-refractivity contribution in [2.24, 2.45) is 0 Å². The Bertz CT molecular complexity index is 3.25. The summed E-state index contributed by atoms with van der Waals surface area (Å²) in [5, 5.41) is 0. The summed E-state index contributed by atoms with van der Waals surface area (Å²) in [4.78, 5) is 0. The van der Waals surface area contributed by atoms with Gasteiger partial charge in [-0.3, -0.25) is 0 Å². The quantitative estimate of drug-likeness (QED) is 0.263. The molecule has 0 N–H and O–H groups in total. The molecule has 0 aromatic carbocycles. The monoisotopic (exact) mass is 96.0 g/mol. The molecule has 0 nitrogen and oxygen atoms in total. The minimum atomic E-state index is 0. The maximum atomic E-state index is 0. The fourth-order valence-corrected chi connectivity index (χ4v) is 0. The molecule has 0 aliphatic carbocycles. The third-order valence-corrected chi connectivity index (χ3v) is 0. The fourth-order valence-electron chi connectivity index (χ4n) is 0. The van der Waals surface area contributed by atoms with Crippen molar-refractivity contribution in [3.8, 4) is 0 Å². The normalized spacial score (nSPS) is 0. The first kappa shape index (κ1) is 52.3. The molecule has 4 heavy (non-hydrogen) atoms. The fraction of sp³-hybridized carbons (Fsp3) is 0. The van der Waals surface area contributed by atoms with Gasteiger partial charge in [0.25, 0.3) is 0 Å². The molecule has 0 rings (SSSR count). The smallest absolute Gasteiger partial charge is 1.00 e. The van der Waals surface area contributed by atoms with Gasteiger partial charge < -0.3 is 14.1 Å². The molecular weight excluding hydrogens is 96.1 g/mol. The average Bonchev–Trinajstić information content (AvgIpc) is 0. The first-order chi connectivity index (χ1) is 0. The van der Waals surface area contributed by atoms with E-state index in [0.717, 1.165) is 0 Å². The van der Waals surface area contributed by atoms with E-state index >= 15 is 0 Å². The molecule has 0 spiro atoms. The van der Waals surface area contributed by atoms with Gasteiger partial charge in [0.2, 0.25) is 0 Å². The van der Waals surface area contributed by atoms with Gasteiger partial charge in [0.05, 0.1) is 0 Å². The Labute approximate surface area is 64.5 Å². The van der Waals surface area contributed by atoms with Gasteiger partial charge in [-0.05, 0) is 0 Å². The van der Waals surface area contributed by atoms with Gasteiger partial charge in [0, 0.05) is 0 Å². The molecule has 0 fully saturated rings. The van der Waals surface area contributed by atoms with Crippen LogP contribution in [-0.4, -0.2) is 0 Å². The molecule has 0 aromatic heterocycles. The maximum absolute atomic E-state index is 0. The topological polar surface area (TPSA) is 0 Å². The summed E-state index contributed by atoms with van der Waals surface area (Å²) in [6, 6.07) is 0. The van der Waals surface area contributed by atoms with Crippen LogP contribution < -0.4 is 65.5 Å². The standard InChI is InChI=1S/3FH.K/h3*1H;/q;;;+1/p-3. The Morgan fingerprint density at radius 1 is 0.500 bits per heavy atom. The number of rotatable bonds is 0. The SMILES string of the molecule is [F-].[F-].[F-].[K+]. The molecule has 0 unspecified atom stereocenters. The second-order valence-corrected chi connectivity index (χ2v) is 0. The largest absolute Gasteiger partial charge is 1.00 e. The third kappa shape index (κ3) is 9.91. The molecule has 0 bridgehead atoms. The Morgan fingerprint density at radius 3 is 0.500 bits per heavy atom. The molecule has 0 saturated heterocycles. The molecule has 0 aromatic rings. The van der Waals surface area contributed by atoms with Crippen LogP contribution in [0.15, 0.2) is 0 Å². The summed E-state index contributed by atoms with van der Waals surface area (Å²) >= 11 is 0. The van der Waals surface area contributed by atoms with Gasteiger partial charge in [-0.25, -0.2) is 0 Å². The second kappa shape index (κ2) is 25.5. The number of hydrogen-bond acceptors (Lipinski definition) is 0. The van der Waals surface area contributed by atoms with Crippen LogP contribution in [0, 0.1) is 0 Å². The zero-order chi connectivity index (χ0) is 0. The summed E-state index contributed by atoms with van der Waals surface area (Å²) < 4.78 is 0.